The van der Waals surface area contributed by atoms with Gasteiger partial charge in [0.05, 0.1) is 0 Å². The van der Waals surface area contributed by atoms with Gasteiger partial charge in [0.1, 0.15) is 30.0 Å². The summed E-state index contributed by atoms with van der Waals surface area (Å²) in [6.45, 7) is 0.422. The van der Waals surface area contributed by atoms with Gasteiger partial charge < -0.3 is 15.0 Å². The van der Waals surface area contributed by atoms with E-state index in [0.717, 1.165) is 16.9 Å². The van der Waals surface area contributed by atoms with Crippen LogP contribution in [0.25, 0.3) is 11.3 Å². The lowest BCUT2D eigenvalue weighted by Crippen LogP contribution is -1.96. The summed E-state index contributed by atoms with van der Waals surface area (Å²) in [5.74, 6) is 0.751. The second-order valence-corrected chi connectivity index (χ2v) is 4.93. The summed E-state index contributed by atoms with van der Waals surface area (Å²) in [6, 6.07) is 15.1. The summed E-state index contributed by atoms with van der Waals surface area (Å²) in [6.07, 6.45) is 1.41. The molecule has 3 rings (SSSR count). The van der Waals surface area contributed by atoms with E-state index in [-0.39, 0.29) is 12.4 Å². The average Bonchev–Trinajstić information content (AvgIpc) is 2.93. The highest BCUT2D eigenvalue weighted by atomic mass is 35.5. The van der Waals surface area contributed by atoms with Crippen LogP contribution >= 0.6 is 24.0 Å². The zero-order chi connectivity index (χ0) is 14.7. The molecule has 0 saturated carbocycles. The van der Waals surface area contributed by atoms with E-state index in [1.165, 1.54) is 6.26 Å². The average molecular weight is 337 g/mol. The third-order valence-corrected chi connectivity index (χ3v) is 3.45. The smallest absolute Gasteiger partial charge is 0.147 e. The van der Waals surface area contributed by atoms with E-state index >= 15 is 0 Å². The van der Waals surface area contributed by atoms with Crippen molar-refractivity contribution < 1.29 is 9.26 Å². The van der Waals surface area contributed by atoms with Crippen molar-refractivity contribution in [2.24, 2.45) is 0 Å². The maximum atomic E-state index is 6.09. The molecule has 2 N–H and O–H groups in total. The summed E-state index contributed by atoms with van der Waals surface area (Å²) in [4.78, 5) is 0. The lowest BCUT2D eigenvalue weighted by atomic mass is 10.1. The Hall–Kier alpha value is -2.17. The van der Waals surface area contributed by atoms with Crippen molar-refractivity contribution in [3.8, 4) is 17.0 Å². The second-order valence-electron chi connectivity index (χ2n) is 4.52. The molecule has 0 bridgehead atoms. The van der Waals surface area contributed by atoms with E-state index in [1.807, 2.05) is 48.5 Å². The van der Waals surface area contributed by atoms with Gasteiger partial charge in [0.2, 0.25) is 0 Å². The third-order valence-electron chi connectivity index (χ3n) is 3.08. The Balaban J connectivity index is 0.00000176. The molecule has 0 atom stereocenters. The third kappa shape index (κ3) is 3.53. The van der Waals surface area contributed by atoms with Crippen molar-refractivity contribution in [2.45, 2.75) is 6.61 Å². The number of nitrogen functional groups attached to an aromatic ring is 1. The fraction of sp³-hybridized carbons (Fsp3) is 0.0625. The predicted octanol–water partition coefficient (Wildman–Crippen LogP) is 4.58. The van der Waals surface area contributed by atoms with Gasteiger partial charge in [0.15, 0.2) is 0 Å². The lowest BCUT2D eigenvalue weighted by molar-refractivity contribution is 0.306. The molecule has 0 aliphatic rings. The number of anilines is 1. The van der Waals surface area contributed by atoms with Crippen LogP contribution in [0.2, 0.25) is 5.02 Å². The largest absolute Gasteiger partial charge is 0.489 e. The summed E-state index contributed by atoms with van der Waals surface area (Å²) in [5.41, 5.74) is 8.73. The predicted molar refractivity (Wildman–Crippen MR) is 89.4 cm³/mol. The summed E-state index contributed by atoms with van der Waals surface area (Å²) < 4.78 is 10.5. The molecule has 0 saturated heterocycles. The second kappa shape index (κ2) is 7.20. The molecule has 0 unspecified atom stereocenters. The summed E-state index contributed by atoms with van der Waals surface area (Å²) >= 11 is 6.09. The first-order chi connectivity index (χ1) is 10.2. The van der Waals surface area contributed by atoms with Crippen molar-refractivity contribution >= 4 is 29.7 Å². The highest BCUT2D eigenvalue weighted by Crippen LogP contribution is 2.26. The van der Waals surface area contributed by atoms with E-state index in [1.54, 1.807) is 0 Å². The van der Waals surface area contributed by atoms with Gasteiger partial charge in [-0.3, -0.25) is 0 Å². The molecule has 0 aliphatic heterocycles. The number of halogens is 2. The zero-order valence-electron chi connectivity index (χ0n) is 11.5. The van der Waals surface area contributed by atoms with E-state index in [0.29, 0.717) is 23.0 Å². The molecule has 0 radical (unpaired) electrons. The molecule has 4 nitrogen and oxygen atoms in total. The van der Waals surface area contributed by atoms with Crippen molar-refractivity contribution in [2.75, 3.05) is 5.73 Å². The molecular weight excluding hydrogens is 323 g/mol. The monoisotopic (exact) mass is 336 g/mol. The Bertz CT molecular complexity index is 742. The van der Waals surface area contributed by atoms with Crippen LogP contribution in [-0.2, 0) is 6.61 Å². The topological polar surface area (TPSA) is 61.3 Å². The minimum absolute atomic E-state index is 0. The van der Waals surface area contributed by atoms with Crippen LogP contribution < -0.4 is 10.5 Å². The maximum Gasteiger partial charge on any atom is 0.147 e. The van der Waals surface area contributed by atoms with Crippen LogP contribution in [0, 0.1) is 0 Å². The van der Waals surface area contributed by atoms with E-state index < -0.39 is 0 Å². The number of rotatable bonds is 4. The van der Waals surface area contributed by atoms with Crippen molar-refractivity contribution in [3.63, 3.8) is 0 Å². The Morgan fingerprint density at radius 1 is 1.09 bits per heavy atom. The minimum Gasteiger partial charge on any atom is -0.489 e. The maximum absolute atomic E-state index is 6.09. The fourth-order valence-corrected chi connectivity index (χ4v) is 2.14. The van der Waals surface area contributed by atoms with Crippen LogP contribution in [0.1, 0.15) is 5.56 Å². The van der Waals surface area contributed by atoms with Gasteiger partial charge in [-0.05, 0) is 30.3 Å². The number of hydrogen-bond acceptors (Lipinski definition) is 4. The Kier molecular flexibility index (Phi) is 5.31. The zero-order valence-corrected chi connectivity index (χ0v) is 13.1. The Morgan fingerprint density at radius 2 is 1.82 bits per heavy atom. The van der Waals surface area contributed by atoms with Crippen LogP contribution in [0.3, 0.4) is 0 Å². The van der Waals surface area contributed by atoms with Gasteiger partial charge in [-0.2, -0.15) is 0 Å². The van der Waals surface area contributed by atoms with Gasteiger partial charge in [0, 0.05) is 16.1 Å². The Morgan fingerprint density at radius 3 is 2.45 bits per heavy atom. The molecule has 3 aromatic rings. The number of nitrogens with zero attached hydrogens (tertiary/aromatic N) is 1. The molecule has 0 fully saturated rings. The highest BCUT2D eigenvalue weighted by Gasteiger charge is 2.07. The molecule has 1 heterocycles. The van der Waals surface area contributed by atoms with Crippen LogP contribution in [0.15, 0.2) is 59.3 Å². The van der Waals surface area contributed by atoms with E-state index in [2.05, 4.69) is 5.16 Å². The number of benzene rings is 2. The van der Waals surface area contributed by atoms with E-state index in [4.69, 9.17) is 26.6 Å². The fourth-order valence-electron chi connectivity index (χ4n) is 1.95. The van der Waals surface area contributed by atoms with Gasteiger partial charge in [0.25, 0.3) is 0 Å². The van der Waals surface area contributed by atoms with Crippen molar-refractivity contribution in [1.29, 1.82) is 0 Å². The Labute approximate surface area is 139 Å². The van der Waals surface area contributed by atoms with Gasteiger partial charge in [-0.1, -0.05) is 35.0 Å². The molecule has 1 aromatic heterocycles. The van der Waals surface area contributed by atoms with Gasteiger partial charge >= 0.3 is 0 Å². The van der Waals surface area contributed by atoms with Crippen molar-refractivity contribution in [3.05, 3.63) is 65.4 Å². The lowest BCUT2D eigenvalue weighted by Gasteiger charge is -2.08. The first-order valence-corrected chi connectivity index (χ1v) is 6.78. The quantitative estimate of drug-likeness (QED) is 0.757. The van der Waals surface area contributed by atoms with Crippen molar-refractivity contribution in [1.82, 2.24) is 5.16 Å². The van der Waals surface area contributed by atoms with Gasteiger partial charge in [-0.15, -0.1) is 12.4 Å². The van der Waals surface area contributed by atoms with Crippen LogP contribution in [0.4, 0.5) is 5.69 Å². The molecule has 2 aromatic carbocycles. The number of nitrogens with two attached hydrogens (primary N) is 1. The number of hydrogen-bond donors (Lipinski definition) is 1. The number of aromatic nitrogens is 1. The first kappa shape index (κ1) is 16.2. The summed E-state index contributed by atoms with van der Waals surface area (Å²) in [7, 11) is 0. The molecule has 0 amide bonds. The van der Waals surface area contributed by atoms with Gasteiger partial charge in [-0.25, -0.2) is 0 Å². The molecule has 0 spiro atoms. The highest BCUT2D eigenvalue weighted by molar-refractivity contribution is 6.31. The SMILES string of the molecule is Cl.Nc1conc1-c1ccc(OCc2ccccc2Cl)cc1. The first-order valence-electron chi connectivity index (χ1n) is 6.40. The van der Waals surface area contributed by atoms with E-state index in [9.17, 15) is 0 Å². The molecule has 114 valence electrons. The molecule has 0 aliphatic carbocycles. The molecule has 6 heteroatoms. The normalized spacial score (nSPS) is 10.0. The minimum atomic E-state index is 0. The standard InChI is InChI=1S/C16H13ClN2O2.ClH/c17-14-4-2-1-3-12(14)9-20-13-7-5-11(6-8-13)16-15(18)10-21-19-16;/h1-8,10H,9,18H2;1H. The molecular formula is C16H14Cl2N2O2. The summed E-state index contributed by atoms with van der Waals surface area (Å²) in [5, 5.41) is 4.56. The van der Waals surface area contributed by atoms with Crippen LogP contribution in [0.5, 0.6) is 5.75 Å². The molecule has 22 heavy (non-hydrogen) atoms. The van der Waals surface area contributed by atoms with Crippen LogP contribution in [-0.4, -0.2) is 5.16 Å². The number of ether oxygens (including phenoxy) is 1.